The number of nitrogens with one attached hydrogen (secondary N) is 2. The lowest BCUT2D eigenvalue weighted by Crippen LogP contribution is -2.25. The van der Waals surface area contributed by atoms with Gasteiger partial charge in [0.1, 0.15) is 0 Å². The quantitative estimate of drug-likeness (QED) is 0.720. The number of hydrogen-bond acceptors (Lipinski definition) is 3. The number of benzene rings is 1. The lowest BCUT2D eigenvalue weighted by atomic mass is 10.1. The lowest BCUT2D eigenvalue weighted by molar-refractivity contribution is 0.0954. The monoisotopic (exact) mass is 300 g/mol. The van der Waals surface area contributed by atoms with Crippen molar-refractivity contribution in [1.29, 1.82) is 0 Å². The molecule has 3 nitrogen and oxygen atoms in total. The van der Waals surface area contributed by atoms with Crippen LogP contribution in [-0.4, -0.2) is 31.5 Å². The third-order valence-electron chi connectivity index (χ3n) is 2.81. The Morgan fingerprint density at radius 2 is 2.11 bits per heavy atom. The fourth-order valence-electron chi connectivity index (χ4n) is 1.77. The molecule has 0 saturated heterocycles. The van der Waals surface area contributed by atoms with E-state index < -0.39 is 0 Å². The van der Waals surface area contributed by atoms with E-state index in [9.17, 15) is 4.79 Å². The van der Waals surface area contributed by atoms with Gasteiger partial charge in [-0.1, -0.05) is 18.0 Å². The summed E-state index contributed by atoms with van der Waals surface area (Å²) in [6.45, 7) is 0.711. The molecule has 0 bridgehead atoms. The van der Waals surface area contributed by atoms with E-state index in [1.807, 2.05) is 17.8 Å². The molecule has 19 heavy (non-hydrogen) atoms. The Morgan fingerprint density at radius 3 is 2.79 bits per heavy atom. The van der Waals surface area contributed by atoms with Crippen molar-refractivity contribution in [3.05, 3.63) is 28.8 Å². The molecule has 0 aliphatic heterocycles. The molecular weight excluding hydrogens is 280 g/mol. The molecule has 0 aliphatic carbocycles. The van der Waals surface area contributed by atoms with E-state index >= 15 is 0 Å². The Balaban J connectivity index is 2.43. The lowest BCUT2D eigenvalue weighted by Gasteiger charge is -2.10. The second kappa shape index (κ2) is 9.10. The van der Waals surface area contributed by atoms with Crippen molar-refractivity contribution < 1.29 is 4.79 Å². The van der Waals surface area contributed by atoms with Crippen LogP contribution in [-0.2, 0) is 0 Å². The molecule has 0 saturated carbocycles. The minimum absolute atomic E-state index is 0.0725. The minimum Gasteiger partial charge on any atom is -0.387 e. The molecule has 1 aromatic carbocycles. The summed E-state index contributed by atoms with van der Waals surface area (Å²) in [5.41, 5.74) is 1.39. The third kappa shape index (κ3) is 5.74. The van der Waals surface area contributed by atoms with Crippen LogP contribution in [0.15, 0.2) is 18.2 Å². The number of amides is 1. The van der Waals surface area contributed by atoms with Gasteiger partial charge in [-0.3, -0.25) is 4.79 Å². The Morgan fingerprint density at radius 1 is 1.32 bits per heavy atom. The first kappa shape index (κ1) is 16.2. The molecule has 0 unspecified atom stereocenters. The Bertz CT molecular complexity index is 412. The van der Waals surface area contributed by atoms with E-state index in [0.29, 0.717) is 17.1 Å². The molecular formula is C14H21ClN2OS. The number of anilines is 1. The normalized spacial score (nSPS) is 10.3. The van der Waals surface area contributed by atoms with Gasteiger partial charge in [0, 0.05) is 24.3 Å². The van der Waals surface area contributed by atoms with Gasteiger partial charge < -0.3 is 10.6 Å². The summed E-state index contributed by atoms with van der Waals surface area (Å²) in [5.74, 6) is 1.11. The largest absolute Gasteiger partial charge is 0.387 e. The summed E-state index contributed by atoms with van der Waals surface area (Å²) < 4.78 is 0. The summed E-state index contributed by atoms with van der Waals surface area (Å²) in [7, 11) is 1.79. The first-order chi connectivity index (χ1) is 9.19. The Hall–Kier alpha value is -0.870. The average molecular weight is 301 g/mol. The van der Waals surface area contributed by atoms with Crippen LogP contribution >= 0.6 is 23.4 Å². The van der Waals surface area contributed by atoms with Gasteiger partial charge in [-0.2, -0.15) is 11.8 Å². The maximum absolute atomic E-state index is 12.1. The number of rotatable bonds is 8. The van der Waals surface area contributed by atoms with Gasteiger partial charge in [-0.25, -0.2) is 0 Å². The van der Waals surface area contributed by atoms with Gasteiger partial charge in [-0.15, -0.1) is 0 Å². The van der Waals surface area contributed by atoms with Crippen LogP contribution in [0, 0.1) is 0 Å². The van der Waals surface area contributed by atoms with Crippen LogP contribution < -0.4 is 10.6 Å². The van der Waals surface area contributed by atoms with Gasteiger partial charge >= 0.3 is 0 Å². The van der Waals surface area contributed by atoms with Crippen LogP contribution in [0.4, 0.5) is 5.69 Å². The van der Waals surface area contributed by atoms with E-state index in [0.717, 1.165) is 18.5 Å². The van der Waals surface area contributed by atoms with E-state index in [-0.39, 0.29) is 5.91 Å². The molecule has 106 valence electrons. The highest BCUT2D eigenvalue weighted by molar-refractivity contribution is 7.98. The summed E-state index contributed by atoms with van der Waals surface area (Å²) >= 11 is 7.79. The second-order valence-corrected chi connectivity index (χ2v) is 5.67. The number of carbonyl (C=O) groups excluding carboxylic acids is 1. The minimum atomic E-state index is -0.0725. The molecule has 0 aromatic heterocycles. The first-order valence-corrected chi connectivity index (χ1v) is 8.20. The van der Waals surface area contributed by atoms with Crippen molar-refractivity contribution in [3.8, 4) is 0 Å². The van der Waals surface area contributed by atoms with Crippen molar-refractivity contribution in [2.24, 2.45) is 0 Å². The van der Waals surface area contributed by atoms with Crippen molar-refractivity contribution in [2.75, 3.05) is 30.9 Å². The van der Waals surface area contributed by atoms with Crippen LogP contribution in [0.1, 0.15) is 29.6 Å². The average Bonchev–Trinajstić information content (AvgIpc) is 2.42. The maximum atomic E-state index is 12.1. The smallest absolute Gasteiger partial charge is 0.253 e. The van der Waals surface area contributed by atoms with Gasteiger partial charge in [0.25, 0.3) is 5.91 Å². The van der Waals surface area contributed by atoms with Gasteiger partial charge in [0.15, 0.2) is 0 Å². The zero-order valence-corrected chi connectivity index (χ0v) is 13.0. The molecule has 5 heteroatoms. The predicted molar refractivity (Wildman–Crippen MR) is 85.6 cm³/mol. The summed E-state index contributed by atoms with van der Waals surface area (Å²) in [5, 5.41) is 6.51. The van der Waals surface area contributed by atoms with Gasteiger partial charge in [-0.05, 0) is 43.0 Å². The molecule has 0 heterocycles. The molecule has 1 aromatic rings. The topological polar surface area (TPSA) is 41.1 Å². The fourth-order valence-corrected chi connectivity index (χ4v) is 2.43. The van der Waals surface area contributed by atoms with E-state index in [4.69, 9.17) is 11.6 Å². The van der Waals surface area contributed by atoms with Crippen molar-refractivity contribution in [1.82, 2.24) is 5.32 Å². The summed E-state index contributed by atoms with van der Waals surface area (Å²) in [6, 6.07) is 5.28. The van der Waals surface area contributed by atoms with Crippen LogP contribution in [0.2, 0.25) is 5.02 Å². The fraction of sp³-hybridized carbons (Fsp3) is 0.500. The molecule has 2 N–H and O–H groups in total. The highest BCUT2D eigenvalue weighted by Crippen LogP contribution is 2.20. The molecule has 1 rings (SSSR count). The van der Waals surface area contributed by atoms with Gasteiger partial charge in [0.2, 0.25) is 0 Å². The molecule has 0 fully saturated rings. The first-order valence-electron chi connectivity index (χ1n) is 6.43. The zero-order chi connectivity index (χ0) is 14.1. The molecule has 1 amide bonds. The molecule has 0 aliphatic rings. The van der Waals surface area contributed by atoms with E-state index in [1.54, 1.807) is 19.2 Å². The highest BCUT2D eigenvalue weighted by atomic mass is 35.5. The number of halogens is 1. The third-order valence-corrected chi connectivity index (χ3v) is 3.74. The summed E-state index contributed by atoms with van der Waals surface area (Å²) in [4.78, 5) is 12.1. The highest BCUT2D eigenvalue weighted by Gasteiger charge is 2.10. The number of carbonyl (C=O) groups is 1. The SMILES string of the molecule is CNc1ccc(Cl)cc1C(=O)NCCCCCSC. The Labute approximate surface area is 124 Å². The number of hydrogen-bond donors (Lipinski definition) is 2. The van der Waals surface area contributed by atoms with Crippen LogP contribution in [0.5, 0.6) is 0 Å². The summed E-state index contributed by atoms with van der Waals surface area (Å²) in [6.07, 6.45) is 5.48. The molecule has 0 radical (unpaired) electrons. The van der Waals surface area contributed by atoms with Crippen molar-refractivity contribution in [3.63, 3.8) is 0 Å². The van der Waals surface area contributed by atoms with Crippen LogP contribution in [0.25, 0.3) is 0 Å². The van der Waals surface area contributed by atoms with E-state index in [2.05, 4.69) is 16.9 Å². The standard InChI is InChI=1S/C14H21ClN2OS/c1-16-13-7-6-11(15)10-12(13)14(18)17-8-4-3-5-9-19-2/h6-7,10,16H,3-5,8-9H2,1-2H3,(H,17,18). The predicted octanol–water partition coefficient (Wildman–Crippen LogP) is 3.64. The van der Waals surface area contributed by atoms with Crippen LogP contribution in [0.3, 0.4) is 0 Å². The zero-order valence-electron chi connectivity index (χ0n) is 11.5. The maximum Gasteiger partial charge on any atom is 0.253 e. The second-order valence-electron chi connectivity index (χ2n) is 4.25. The van der Waals surface area contributed by atoms with Crippen molar-refractivity contribution >= 4 is 35.0 Å². The van der Waals surface area contributed by atoms with Crippen molar-refractivity contribution in [2.45, 2.75) is 19.3 Å². The number of thioether (sulfide) groups is 1. The van der Waals surface area contributed by atoms with E-state index in [1.165, 1.54) is 12.2 Å². The molecule has 0 spiro atoms. The molecule has 0 atom stereocenters. The Kier molecular flexibility index (Phi) is 7.75. The van der Waals surface area contributed by atoms with Gasteiger partial charge in [0.05, 0.1) is 5.56 Å². The number of unbranched alkanes of at least 4 members (excludes halogenated alkanes) is 2.